The molecule has 0 radical (unpaired) electrons. The Morgan fingerprint density at radius 2 is 2.60 bits per heavy atom. The number of likely N-dealkylation sites (N-methyl/N-ethyl adjacent to an activating group) is 1. The lowest BCUT2D eigenvalue weighted by atomic mass is 10.2. The first kappa shape index (κ1) is 11.0. The highest BCUT2D eigenvalue weighted by molar-refractivity contribution is 7.99. The Morgan fingerprint density at radius 1 is 1.67 bits per heavy atom. The maximum absolute atomic E-state index is 5.06. The van der Waals surface area contributed by atoms with Crippen molar-refractivity contribution in [3.63, 3.8) is 0 Å². The van der Waals surface area contributed by atoms with Gasteiger partial charge in [0, 0.05) is 42.7 Å². The van der Waals surface area contributed by atoms with Gasteiger partial charge in [0.1, 0.15) is 0 Å². The van der Waals surface area contributed by atoms with E-state index < -0.39 is 0 Å². The summed E-state index contributed by atoms with van der Waals surface area (Å²) in [5, 5.41) is 3.54. The van der Waals surface area contributed by atoms with E-state index in [1.807, 2.05) is 24.1 Å². The first-order valence-electron chi connectivity index (χ1n) is 5.35. The van der Waals surface area contributed by atoms with Gasteiger partial charge in [-0.25, -0.2) is 0 Å². The van der Waals surface area contributed by atoms with Gasteiger partial charge >= 0.3 is 0 Å². The Kier molecular flexibility index (Phi) is 4.11. The molecule has 1 unspecified atom stereocenters. The molecule has 0 spiro atoms. The van der Waals surface area contributed by atoms with Crippen molar-refractivity contribution in [2.45, 2.75) is 12.6 Å². The molecule has 1 saturated heterocycles. The Hall–Kier alpha value is -0.450. The zero-order valence-electron chi connectivity index (χ0n) is 9.11. The maximum atomic E-state index is 5.06. The predicted octanol–water partition coefficient (Wildman–Crippen LogP) is 1.42. The van der Waals surface area contributed by atoms with Gasteiger partial charge in [0.25, 0.3) is 0 Å². The van der Waals surface area contributed by atoms with Crippen molar-refractivity contribution in [1.82, 2.24) is 10.2 Å². The summed E-state index contributed by atoms with van der Waals surface area (Å²) in [5.74, 6) is 2.48. The average molecular weight is 226 g/mol. The number of rotatable bonds is 4. The summed E-state index contributed by atoms with van der Waals surface area (Å²) in [6.45, 7) is 3.23. The fourth-order valence-corrected chi connectivity index (χ4v) is 2.81. The zero-order chi connectivity index (χ0) is 10.5. The zero-order valence-corrected chi connectivity index (χ0v) is 9.93. The second kappa shape index (κ2) is 5.58. The van der Waals surface area contributed by atoms with Crippen molar-refractivity contribution < 1.29 is 4.42 Å². The van der Waals surface area contributed by atoms with Gasteiger partial charge in [-0.15, -0.1) is 0 Å². The summed E-state index contributed by atoms with van der Waals surface area (Å²) in [6, 6.07) is 2.67. The van der Waals surface area contributed by atoms with Crippen LogP contribution in [0.15, 0.2) is 23.0 Å². The van der Waals surface area contributed by atoms with E-state index in [2.05, 4.69) is 17.3 Å². The second-order valence-electron chi connectivity index (χ2n) is 4.05. The Bertz CT molecular complexity index is 270. The van der Waals surface area contributed by atoms with Crippen molar-refractivity contribution >= 4 is 11.8 Å². The molecule has 2 heterocycles. The quantitative estimate of drug-likeness (QED) is 0.840. The normalized spacial score (nSPS) is 22.1. The highest BCUT2D eigenvalue weighted by atomic mass is 32.2. The summed E-state index contributed by atoms with van der Waals surface area (Å²) in [6.07, 6.45) is 3.55. The minimum atomic E-state index is 0.639. The third kappa shape index (κ3) is 3.55. The van der Waals surface area contributed by atoms with E-state index in [4.69, 9.17) is 4.42 Å². The van der Waals surface area contributed by atoms with Crippen LogP contribution in [0.3, 0.4) is 0 Å². The predicted molar refractivity (Wildman–Crippen MR) is 64.2 cm³/mol. The van der Waals surface area contributed by atoms with E-state index in [1.165, 1.54) is 17.1 Å². The fraction of sp³-hybridized carbons (Fsp3) is 0.636. The lowest BCUT2D eigenvalue weighted by Gasteiger charge is -2.27. The van der Waals surface area contributed by atoms with Crippen LogP contribution in [0.5, 0.6) is 0 Å². The molecule has 4 heteroatoms. The number of thioether (sulfide) groups is 1. The van der Waals surface area contributed by atoms with E-state index in [0.29, 0.717) is 6.04 Å². The highest BCUT2D eigenvalue weighted by Crippen LogP contribution is 2.10. The standard InChI is InChI=1S/C11H18N2OS/c1-13(6-10-2-4-14-8-10)7-11-9-15-5-3-12-11/h2,4,8,11-12H,3,5-7,9H2,1H3. The molecule has 3 nitrogen and oxygen atoms in total. The van der Waals surface area contributed by atoms with E-state index in [9.17, 15) is 0 Å². The Balaban J connectivity index is 1.74. The molecule has 1 aromatic rings. The van der Waals surface area contributed by atoms with E-state index >= 15 is 0 Å². The van der Waals surface area contributed by atoms with Crippen molar-refractivity contribution in [2.24, 2.45) is 0 Å². The molecule has 84 valence electrons. The molecule has 0 saturated carbocycles. The number of nitrogens with zero attached hydrogens (tertiary/aromatic N) is 1. The Morgan fingerprint density at radius 3 is 3.27 bits per heavy atom. The second-order valence-corrected chi connectivity index (χ2v) is 5.20. The maximum Gasteiger partial charge on any atom is 0.0947 e. The highest BCUT2D eigenvalue weighted by Gasteiger charge is 2.14. The first-order valence-corrected chi connectivity index (χ1v) is 6.51. The molecule has 0 amide bonds. The smallest absolute Gasteiger partial charge is 0.0947 e. The molecule has 1 aromatic heterocycles. The van der Waals surface area contributed by atoms with Crippen LogP contribution in [0, 0.1) is 0 Å². The molecule has 1 aliphatic rings. The van der Waals surface area contributed by atoms with E-state index in [0.717, 1.165) is 19.6 Å². The topological polar surface area (TPSA) is 28.4 Å². The third-order valence-corrected chi connectivity index (χ3v) is 3.69. The molecule has 1 N–H and O–H groups in total. The summed E-state index contributed by atoms with van der Waals surface area (Å²) < 4.78 is 5.06. The lowest BCUT2D eigenvalue weighted by Crippen LogP contribution is -2.44. The van der Waals surface area contributed by atoms with Gasteiger partial charge in [-0.05, 0) is 13.1 Å². The lowest BCUT2D eigenvalue weighted by molar-refractivity contribution is 0.291. The summed E-state index contributed by atoms with van der Waals surface area (Å²) in [7, 11) is 2.16. The van der Waals surface area contributed by atoms with Crippen LogP contribution < -0.4 is 5.32 Å². The molecule has 0 aliphatic carbocycles. The largest absolute Gasteiger partial charge is 0.472 e. The average Bonchev–Trinajstić information content (AvgIpc) is 2.71. The number of furan rings is 1. The number of hydrogen-bond donors (Lipinski definition) is 1. The van der Waals surface area contributed by atoms with Gasteiger partial charge in [0.15, 0.2) is 0 Å². The van der Waals surface area contributed by atoms with Crippen molar-refractivity contribution in [3.8, 4) is 0 Å². The van der Waals surface area contributed by atoms with Crippen LogP contribution in [-0.4, -0.2) is 42.6 Å². The van der Waals surface area contributed by atoms with Crippen LogP contribution in [0.2, 0.25) is 0 Å². The van der Waals surface area contributed by atoms with Gasteiger partial charge < -0.3 is 14.6 Å². The molecule has 1 atom stereocenters. The Labute approximate surface area is 95.2 Å². The van der Waals surface area contributed by atoms with E-state index in [-0.39, 0.29) is 0 Å². The molecule has 1 aliphatic heterocycles. The van der Waals surface area contributed by atoms with Crippen LogP contribution in [0.25, 0.3) is 0 Å². The van der Waals surface area contributed by atoms with Gasteiger partial charge in [-0.2, -0.15) is 11.8 Å². The minimum Gasteiger partial charge on any atom is -0.472 e. The summed E-state index contributed by atoms with van der Waals surface area (Å²) >= 11 is 2.05. The number of hydrogen-bond acceptors (Lipinski definition) is 4. The van der Waals surface area contributed by atoms with Gasteiger partial charge in [0.05, 0.1) is 12.5 Å². The third-order valence-electron chi connectivity index (χ3n) is 2.56. The van der Waals surface area contributed by atoms with Gasteiger partial charge in [0.2, 0.25) is 0 Å². The van der Waals surface area contributed by atoms with Crippen molar-refractivity contribution in [1.29, 1.82) is 0 Å². The molecular weight excluding hydrogens is 208 g/mol. The minimum absolute atomic E-state index is 0.639. The first-order chi connectivity index (χ1) is 7.34. The summed E-state index contributed by atoms with van der Waals surface area (Å²) in [5.41, 5.74) is 1.25. The molecule has 0 aromatic carbocycles. The van der Waals surface area contributed by atoms with Crippen LogP contribution >= 0.6 is 11.8 Å². The van der Waals surface area contributed by atoms with Crippen molar-refractivity contribution in [3.05, 3.63) is 24.2 Å². The van der Waals surface area contributed by atoms with Crippen LogP contribution in [0.4, 0.5) is 0 Å². The van der Waals surface area contributed by atoms with Gasteiger partial charge in [-0.1, -0.05) is 0 Å². The fourth-order valence-electron chi connectivity index (χ4n) is 1.87. The molecule has 1 fully saturated rings. The molecule has 0 bridgehead atoms. The summed E-state index contributed by atoms with van der Waals surface area (Å²) in [4.78, 5) is 2.34. The van der Waals surface area contributed by atoms with Crippen molar-refractivity contribution in [2.75, 3.05) is 31.6 Å². The molecular formula is C11H18N2OS. The van der Waals surface area contributed by atoms with Crippen LogP contribution in [0.1, 0.15) is 5.56 Å². The SMILES string of the molecule is CN(Cc1ccoc1)CC1CSCCN1. The molecule has 2 rings (SSSR count). The van der Waals surface area contributed by atoms with Gasteiger partial charge in [-0.3, -0.25) is 0 Å². The van der Waals surface area contributed by atoms with E-state index in [1.54, 1.807) is 6.26 Å². The monoisotopic (exact) mass is 226 g/mol. The van der Waals surface area contributed by atoms with Crippen LogP contribution in [-0.2, 0) is 6.54 Å². The number of nitrogens with one attached hydrogen (secondary N) is 1. The molecule has 15 heavy (non-hydrogen) atoms.